The lowest BCUT2D eigenvalue weighted by atomic mass is 9.98. The van der Waals surface area contributed by atoms with Crippen LogP contribution in [-0.4, -0.2) is 44.0 Å². The molecule has 4 rings (SSSR count). The van der Waals surface area contributed by atoms with E-state index >= 15 is 0 Å². The molecule has 25 heavy (non-hydrogen) atoms. The molecule has 0 atom stereocenters. The number of hydrogen-bond donors (Lipinski definition) is 0. The highest BCUT2D eigenvalue weighted by molar-refractivity contribution is 6.33. The zero-order valence-corrected chi connectivity index (χ0v) is 13.5. The summed E-state index contributed by atoms with van der Waals surface area (Å²) in [6, 6.07) is 5.40. The Hall–Kier alpha value is -2.87. The van der Waals surface area contributed by atoms with E-state index in [1.807, 2.05) is 0 Å². The molecular weight excluding hydrogens is 349 g/mol. The number of nitrogens with zero attached hydrogens (tertiary/aromatic N) is 5. The first-order valence-corrected chi connectivity index (χ1v) is 7.85. The standard InChI is InChI=1S/C16H11ClFN5O2/c17-12-6-10(18)2-3-11(12)16(24)23-7-9(8-23)15-21-14(22-25-15)13-19-4-1-5-20-13/h1-6,9H,7-8H2. The predicted molar refractivity (Wildman–Crippen MR) is 85.4 cm³/mol. The van der Waals surface area contributed by atoms with Crippen molar-refractivity contribution in [2.75, 3.05) is 13.1 Å². The summed E-state index contributed by atoms with van der Waals surface area (Å²) in [7, 11) is 0. The molecule has 3 heterocycles. The van der Waals surface area contributed by atoms with Gasteiger partial charge in [0.25, 0.3) is 5.91 Å². The van der Waals surface area contributed by atoms with Gasteiger partial charge in [0.2, 0.25) is 17.5 Å². The van der Waals surface area contributed by atoms with E-state index in [0.717, 1.165) is 6.07 Å². The summed E-state index contributed by atoms with van der Waals surface area (Å²) in [5, 5.41) is 3.96. The second-order valence-electron chi connectivity index (χ2n) is 5.56. The average molecular weight is 360 g/mol. The van der Waals surface area contributed by atoms with Gasteiger partial charge in [-0.1, -0.05) is 16.8 Å². The van der Waals surface area contributed by atoms with Crippen LogP contribution >= 0.6 is 11.6 Å². The summed E-state index contributed by atoms with van der Waals surface area (Å²) < 4.78 is 18.3. The molecule has 1 aliphatic rings. The lowest BCUT2D eigenvalue weighted by Crippen LogP contribution is -2.48. The van der Waals surface area contributed by atoms with Crippen molar-refractivity contribution in [3.63, 3.8) is 0 Å². The highest BCUT2D eigenvalue weighted by Gasteiger charge is 2.36. The van der Waals surface area contributed by atoms with Crippen LogP contribution in [0, 0.1) is 5.82 Å². The van der Waals surface area contributed by atoms with Crippen LogP contribution in [0.2, 0.25) is 5.02 Å². The molecule has 0 spiro atoms. The summed E-state index contributed by atoms with van der Waals surface area (Å²) in [6.07, 6.45) is 3.18. The number of carbonyl (C=O) groups excluding carboxylic acids is 1. The predicted octanol–water partition coefficient (Wildman–Crippen LogP) is 2.56. The zero-order chi connectivity index (χ0) is 17.4. The highest BCUT2D eigenvalue weighted by Crippen LogP contribution is 2.29. The van der Waals surface area contributed by atoms with E-state index in [-0.39, 0.29) is 22.4 Å². The minimum atomic E-state index is -0.482. The van der Waals surface area contributed by atoms with Gasteiger partial charge in [0, 0.05) is 25.5 Å². The molecule has 1 aliphatic heterocycles. The number of amides is 1. The molecule has 1 saturated heterocycles. The molecule has 0 radical (unpaired) electrons. The van der Waals surface area contributed by atoms with Crippen molar-refractivity contribution in [3.05, 3.63) is 59.0 Å². The molecule has 0 aliphatic carbocycles. The fourth-order valence-corrected chi connectivity index (χ4v) is 2.79. The number of hydrogen-bond acceptors (Lipinski definition) is 6. The van der Waals surface area contributed by atoms with E-state index in [9.17, 15) is 9.18 Å². The van der Waals surface area contributed by atoms with E-state index < -0.39 is 5.82 Å². The Morgan fingerprint density at radius 1 is 1.24 bits per heavy atom. The second kappa shape index (κ2) is 6.21. The van der Waals surface area contributed by atoms with Crippen molar-refractivity contribution >= 4 is 17.5 Å². The molecule has 7 nitrogen and oxygen atoms in total. The fraction of sp³-hybridized carbons (Fsp3) is 0.188. The number of aromatic nitrogens is 4. The molecule has 3 aromatic rings. The van der Waals surface area contributed by atoms with Crippen molar-refractivity contribution in [1.29, 1.82) is 0 Å². The van der Waals surface area contributed by atoms with Crippen LogP contribution in [0.25, 0.3) is 11.6 Å². The molecule has 0 saturated carbocycles. The van der Waals surface area contributed by atoms with Crippen LogP contribution in [-0.2, 0) is 0 Å². The Morgan fingerprint density at radius 3 is 2.72 bits per heavy atom. The van der Waals surface area contributed by atoms with Gasteiger partial charge in [0.15, 0.2) is 0 Å². The third-order valence-electron chi connectivity index (χ3n) is 3.89. The zero-order valence-electron chi connectivity index (χ0n) is 12.8. The van der Waals surface area contributed by atoms with Crippen molar-refractivity contribution < 1.29 is 13.7 Å². The minimum absolute atomic E-state index is 0.0619. The molecule has 0 N–H and O–H groups in total. The minimum Gasteiger partial charge on any atom is -0.338 e. The van der Waals surface area contributed by atoms with Crippen LogP contribution in [0.1, 0.15) is 22.2 Å². The van der Waals surface area contributed by atoms with Gasteiger partial charge in [0.1, 0.15) is 5.82 Å². The van der Waals surface area contributed by atoms with Crippen LogP contribution in [0.4, 0.5) is 4.39 Å². The molecule has 0 unspecified atom stereocenters. The lowest BCUT2D eigenvalue weighted by Gasteiger charge is -2.37. The van der Waals surface area contributed by atoms with Crippen molar-refractivity contribution in [1.82, 2.24) is 25.0 Å². The topological polar surface area (TPSA) is 85.0 Å². The smallest absolute Gasteiger partial charge is 0.255 e. The number of carbonyl (C=O) groups is 1. The van der Waals surface area contributed by atoms with Crippen molar-refractivity contribution in [2.45, 2.75) is 5.92 Å². The lowest BCUT2D eigenvalue weighted by molar-refractivity contribution is 0.0569. The first-order valence-electron chi connectivity index (χ1n) is 7.47. The molecule has 2 aromatic heterocycles. The highest BCUT2D eigenvalue weighted by atomic mass is 35.5. The Kier molecular flexibility index (Phi) is 3.89. The summed E-state index contributed by atoms with van der Waals surface area (Å²) in [6.45, 7) is 0.841. The van der Waals surface area contributed by atoms with Gasteiger partial charge in [0.05, 0.1) is 16.5 Å². The third kappa shape index (κ3) is 2.96. The van der Waals surface area contributed by atoms with Gasteiger partial charge in [-0.15, -0.1) is 0 Å². The number of likely N-dealkylation sites (tertiary alicyclic amines) is 1. The van der Waals surface area contributed by atoms with Crippen molar-refractivity contribution in [3.8, 4) is 11.6 Å². The van der Waals surface area contributed by atoms with Gasteiger partial charge in [-0.3, -0.25) is 4.79 Å². The first-order chi connectivity index (χ1) is 12.1. The Labute approximate surface area is 146 Å². The Bertz CT molecular complexity index is 927. The molecular formula is C16H11ClFN5O2. The molecule has 126 valence electrons. The van der Waals surface area contributed by atoms with E-state index in [4.69, 9.17) is 16.1 Å². The molecule has 1 amide bonds. The van der Waals surface area contributed by atoms with Crippen LogP contribution < -0.4 is 0 Å². The summed E-state index contributed by atoms with van der Waals surface area (Å²) in [5.74, 6) is 0.312. The average Bonchev–Trinajstić information content (AvgIpc) is 3.04. The molecule has 0 bridgehead atoms. The summed E-state index contributed by atoms with van der Waals surface area (Å²) in [5.41, 5.74) is 0.269. The second-order valence-corrected chi connectivity index (χ2v) is 5.97. The van der Waals surface area contributed by atoms with Gasteiger partial charge in [-0.25, -0.2) is 14.4 Å². The maximum atomic E-state index is 13.1. The van der Waals surface area contributed by atoms with Crippen LogP contribution in [0.3, 0.4) is 0 Å². The first kappa shape index (κ1) is 15.6. The molecule has 9 heteroatoms. The van der Waals surface area contributed by atoms with Gasteiger partial charge >= 0.3 is 0 Å². The monoisotopic (exact) mass is 359 g/mol. The van der Waals surface area contributed by atoms with E-state index in [2.05, 4.69) is 20.1 Å². The fourth-order valence-electron chi connectivity index (χ4n) is 2.54. The Morgan fingerprint density at radius 2 is 2.00 bits per heavy atom. The SMILES string of the molecule is O=C(c1ccc(F)cc1Cl)N1CC(c2nc(-c3ncccn3)no2)C1. The Balaban J connectivity index is 1.44. The number of halogens is 2. The number of benzene rings is 1. The summed E-state index contributed by atoms with van der Waals surface area (Å²) >= 11 is 5.93. The normalized spacial score (nSPS) is 14.4. The van der Waals surface area contributed by atoms with E-state index in [0.29, 0.717) is 30.6 Å². The quantitative estimate of drug-likeness (QED) is 0.714. The maximum absolute atomic E-state index is 13.1. The van der Waals surface area contributed by atoms with Gasteiger partial charge in [-0.2, -0.15) is 4.98 Å². The van der Waals surface area contributed by atoms with E-state index in [1.165, 1.54) is 12.1 Å². The molecule has 1 aromatic carbocycles. The molecule has 1 fully saturated rings. The van der Waals surface area contributed by atoms with E-state index in [1.54, 1.807) is 23.4 Å². The van der Waals surface area contributed by atoms with Crippen LogP contribution in [0.15, 0.2) is 41.2 Å². The largest absolute Gasteiger partial charge is 0.338 e. The summed E-state index contributed by atoms with van der Waals surface area (Å²) in [4.78, 5) is 26.4. The number of rotatable bonds is 3. The van der Waals surface area contributed by atoms with Gasteiger partial charge < -0.3 is 9.42 Å². The maximum Gasteiger partial charge on any atom is 0.255 e. The van der Waals surface area contributed by atoms with Crippen LogP contribution in [0.5, 0.6) is 0 Å². The van der Waals surface area contributed by atoms with Crippen molar-refractivity contribution in [2.24, 2.45) is 0 Å². The van der Waals surface area contributed by atoms with Gasteiger partial charge in [-0.05, 0) is 24.3 Å². The third-order valence-corrected chi connectivity index (χ3v) is 4.20.